The van der Waals surface area contributed by atoms with Gasteiger partial charge in [0.15, 0.2) is 0 Å². The predicted molar refractivity (Wildman–Crippen MR) is 230 cm³/mol. The van der Waals surface area contributed by atoms with E-state index in [-0.39, 0.29) is 107 Å². The van der Waals surface area contributed by atoms with Crippen molar-refractivity contribution in [1.29, 1.82) is 0 Å². The maximum absolute atomic E-state index is 13.0. The molecule has 5 aromatic rings. The second-order valence-electron chi connectivity index (χ2n) is 20.1. The van der Waals surface area contributed by atoms with Crippen LogP contribution in [0.4, 0.5) is 52.7 Å². The molecule has 0 fully saturated rings. The standard InChI is InChI=1S/C29H41.C17H6F12.C5H5.2ClH.Zr/c1-26(2,3)22-14-18-13-19-15-23(27(4,5)6)25(29(10,11)12)17-21(19)20(18)16-24(22)28(7,8)9;18-14(19,20)10-2-8(3-11(6-10)15(21,22)23)1-9-4-12(16(24,25)26)7-13(5-9)17(27,28)29;1-2-4-5-3-1;;;/h13-17H,1-12H3;2-7H;1-3H,4H2;2*1H;/q-1;;-1;;;+2/p-2. The van der Waals surface area contributed by atoms with Gasteiger partial charge in [0.1, 0.15) is 0 Å². The molecule has 0 spiro atoms. The minimum absolute atomic E-state index is 0. The largest absolute Gasteiger partial charge is 1.00 e. The molecular weight excluding hydrogens is 1000 g/mol. The van der Waals surface area contributed by atoms with Gasteiger partial charge in [0.25, 0.3) is 0 Å². The molecule has 66 heavy (non-hydrogen) atoms. The van der Waals surface area contributed by atoms with Crippen molar-refractivity contribution in [2.24, 2.45) is 0 Å². The van der Waals surface area contributed by atoms with Crippen molar-refractivity contribution in [2.75, 3.05) is 0 Å². The monoisotopic (exact) mass is 1050 g/mol. The summed E-state index contributed by atoms with van der Waals surface area (Å²) in [6.07, 6.45) is -10.9. The van der Waals surface area contributed by atoms with Crippen LogP contribution in [0.25, 0.3) is 21.5 Å². The van der Waals surface area contributed by atoms with Gasteiger partial charge in [-0.15, -0.1) is 46.2 Å². The van der Waals surface area contributed by atoms with Crippen LogP contribution >= 0.6 is 0 Å². The SMILES string of the molecule is CC(C)(C)c1cc2[cH-]c3cc(C(C)(C)C)c(C(C)(C)C)cc3c2cc1C(C)(C)C.FC(F)(F)c1cc([C](=[Zr+2])c2cc(C(F)(F)F)cc(C(F)(F)F)c2)cc(C(F)(F)F)c1.[C-]1=CC=CC1.[Cl-].[Cl-]. The molecule has 0 aromatic heterocycles. The molecule has 0 saturated carbocycles. The van der Waals surface area contributed by atoms with E-state index in [0.29, 0.717) is 0 Å². The second-order valence-corrected chi connectivity index (χ2v) is 21.3. The predicted octanol–water partition coefficient (Wildman–Crippen LogP) is 11.1. The first kappa shape index (κ1) is 58.8. The molecule has 0 nitrogen and oxygen atoms in total. The number of hydrogen-bond acceptors (Lipinski definition) is 0. The molecule has 0 bridgehead atoms. The van der Waals surface area contributed by atoms with Gasteiger partial charge >= 0.3 is 175 Å². The van der Waals surface area contributed by atoms with Crippen LogP contribution in [0.2, 0.25) is 0 Å². The average molecular weight is 1060 g/mol. The van der Waals surface area contributed by atoms with Gasteiger partial charge in [-0.25, -0.2) is 12.2 Å². The number of benzene rings is 4. The Labute approximate surface area is 406 Å². The van der Waals surface area contributed by atoms with Crippen molar-refractivity contribution in [3.8, 4) is 0 Å². The zero-order valence-corrected chi connectivity index (χ0v) is 42.6. The molecule has 0 unspecified atom stereocenters. The van der Waals surface area contributed by atoms with Crippen molar-refractivity contribution in [2.45, 2.75) is 136 Å². The maximum atomic E-state index is 13.0. The van der Waals surface area contributed by atoms with Crippen molar-refractivity contribution in [1.82, 2.24) is 0 Å². The van der Waals surface area contributed by atoms with Crippen LogP contribution in [-0.4, -0.2) is 3.21 Å². The Kier molecular flexibility index (Phi) is 18.2. The number of hydrogen-bond donors (Lipinski definition) is 0. The van der Waals surface area contributed by atoms with Gasteiger partial charge < -0.3 is 24.8 Å². The Bertz CT molecular complexity index is 2330. The van der Waals surface area contributed by atoms with Crippen LogP contribution < -0.4 is 24.8 Å². The molecule has 0 aliphatic heterocycles. The summed E-state index contributed by atoms with van der Waals surface area (Å²) >= 11 is -0.00108. The molecule has 0 saturated heterocycles. The van der Waals surface area contributed by atoms with Crippen LogP contribution in [0.15, 0.2) is 85.0 Å². The Morgan fingerprint density at radius 3 is 0.909 bits per heavy atom. The third-order valence-corrected chi connectivity index (χ3v) is 12.0. The van der Waals surface area contributed by atoms with Crippen LogP contribution in [0.1, 0.15) is 145 Å². The van der Waals surface area contributed by atoms with Gasteiger partial charge in [0, 0.05) is 0 Å². The molecule has 0 amide bonds. The van der Waals surface area contributed by atoms with E-state index in [1.807, 2.05) is 12.2 Å². The Hall–Kier alpha value is -3.28. The number of alkyl halides is 12. The number of fused-ring (bicyclic) bond motifs is 3. The summed E-state index contributed by atoms with van der Waals surface area (Å²) in [5, 5.41) is 5.57. The first-order valence-corrected chi connectivity index (χ1v) is 21.6. The van der Waals surface area contributed by atoms with Gasteiger partial charge in [-0.05, 0) is 21.7 Å². The van der Waals surface area contributed by atoms with E-state index >= 15 is 0 Å². The molecule has 15 heteroatoms. The summed E-state index contributed by atoms with van der Waals surface area (Å²) in [5.74, 6) is 0. The normalized spacial score (nSPS) is 13.7. The molecule has 0 heterocycles. The molecule has 6 rings (SSSR count). The molecule has 0 atom stereocenters. The van der Waals surface area contributed by atoms with E-state index in [1.54, 1.807) is 0 Å². The summed E-state index contributed by atoms with van der Waals surface area (Å²) in [5.41, 5.74) is -2.14. The zero-order valence-electron chi connectivity index (χ0n) is 38.6. The van der Waals surface area contributed by atoms with Crippen molar-refractivity contribution in [3.05, 3.63) is 147 Å². The van der Waals surface area contributed by atoms with E-state index in [2.05, 4.69) is 126 Å². The summed E-state index contributed by atoms with van der Waals surface area (Å²) < 4.78 is 155. The quantitative estimate of drug-likeness (QED) is 0.122. The van der Waals surface area contributed by atoms with E-state index in [4.69, 9.17) is 0 Å². The van der Waals surface area contributed by atoms with Gasteiger partial charge in [0.2, 0.25) is 0 Å². The molecule has 5 aromatic carbocycles. The van der Waals surface area contributed by atoms with Gasteiger partial charge in [-0.1, -0.05) is 117 Å². The van der Waals surface area contributed by atoms with Crippen molar-refractivity contribution in [3.63, 3.8) is 0 Å². The fraction of sp³-hybridized carbons (Fsp3) is 0.412. The first-order valence-electron chi connectivity index (χ1n) is 20.3. The van der Waals surface area contributed by atoms with Crippen molar-refractivity contribution >= 4 is 24.8 Å². The number of allylic oxidation sites excluding steroid dienone is 4. The average Bonchev–Trinajstić information content (AvgIpc) is 3.82. The van der Waals surface area contributed by atoms with Gasteiger partial charge in [-0.2, -0.15) is 6.08 Å². The van der Waals surface area contributed by atoms with E-state index < -0.39 is 61.3 Å². The molecule has 1 aliphatic carbocycles. The third-order valence-electron chi connectivity index (χ3n) is 10.6. The fourth-order valence-electron chi connectivity index (χ4n) is 7.29. The van der Waals surface area contributed by atoms with Crippen molar-refractivity contribution < 1.29 is 102 Å². The molecule has 0 N–H and O–H groups in total. The van der Waals surface area contributed by atoms with E-state index in [1.165, 1.54) is 43.8 Å². The summed E-state index contributed by atoms with van der Waals surface area (Å²) in [7, 11) is 0. The van der Waals surface area contributed by atoms with Crippen LogP contribution in [-0.2, 0) is 70.6 Å². The van der Waals surface area contributed by atoms with Gasteiger partial charge in [0.05, 0.1) is 0 Å². The molecular formula is C51H52Cl2F12Zr-2. The van der Waals surface area contributed by atoms with Crippen LogP contribution in [0, 0.1) is 6.08 Å². The Balaban J connectivity index is 0.000000398. The molecule has 1 aliphatic rings. The smallest absolute Gasteiger partial charge is 0.109 e. The summed E-state index contributed by atoms with van der Waals surface area (Å²) in [6.45, 7) is 28.0. The van der Waals surface area contributed by atoms with E-state index in [0.717, 1.165) is 6.42 Å². The Morgan fingerprint density at radius 2 is 0.712 bits per heavy atom. The summed E-state index contributed by atoms with van der Waals surface area (Å²) in [6, 6.07) is 12.9. The minimum Gasteiger partial charge on any atom is -1.00 e. The molecule has 0 radical (unpaired) electrons. The molecule has 360 valence electrons. The van der Waals surface area contributed by atoms with Crippen LogP contribution in [0.5, 0.6) is 0 Å². The third kappa shape index (κ3) is 14.6. The van der Waals surface area contributed by atoms with E-state index in [9.17, 15) is 52.7 Å². The second kappa shape index (κ2) is 20.4. The van der Waals surface area contributed by atoms with Crippen LogP contribution in [0.3, 0.4) is 0 Å². The zero-order chi connectivity index (χ0) is 49.0. The fourth-order valence-corrected chi connectivity index (χ4v) is 8.00. The number of halogens is 14. The minimum atomic E-state index is -5.22. The van der Waals surface area contributed by atoms with Gasteiger partial charge in [-0.3, -0.25) is 6.08 Å². The topological polar surface area (TPSA) is 0 Å². The number of rotatable bonds is 2. The first-order chi connectivity index (χ1) is 28.7. The summed E-state index contributed by atoms with van der Waals surface area (Å²) in [4.78, 5) is 0. The Morgan fingerprint density at radius 1 is 0.439 bits per heavy atom. The maximum Gasteiger partial charge on any atom is -0.109 e.